The number of benzene rings is 1. The minimum atomic E-state index is 0.594. The van der Waals surface area contributed by atoms with Gasteiger partial charge >= 0.3 is 0 Å². The summed E-state index contributed by atoms with van der Waals surface area (Å²) in [5, 5.41) is 3.37. The molecule has 0 bridgehead atoms. The number of nitrogens with zero attached hydrogens (tertiary/aromatic N) is 1. The van der Waals surface area contributed by atoms with E-state index in [9.17, 15) is 0 Å². The molecule has 2 nitrogen and oxygen atoms in total. The summed E-state index contributed by atoms with van der Waals surface area (Å²) in [6.45, 7) is 7.96. The molecule has 1 aliphatic rings. The van der Waals surface area contributed by atoms with Gasteiger partial charge in [0.2, 0.25) is 0 Å². The summed E-state index contributed by atoms with van der Waals surface area (Å²) in [5.74, 6) is 0.742. The average molecular weight is 246 g/mol. The van der Waals surface area contributed by atoms with Crippen molar-refractivity contribution in [2.45, 2.75) is 32.7 Å². The normalized spacial score (nSPS) is 25.3. The van der Waals surface area contributed by atoms with Gasteiger partial charge < -0.3 is 5.32 Å². The van der Waals surface area contributed by atoms with Gasteiger partial charge in [0.25, 0.3) is 0 Å². The predicted molar refractivity (Wildman–Crippen MR) is 77.8 cm³/mol. The monoisotopic (exact) mass is 246 g/mol. The van der Waals surface area contributed by atoms with E-state index in [4.69, 9.17) is 0 Å². The summed E-state index contributed by atoms with van der Waals surface area (Å²) in [5.41, 5.74) is 2.84. The molecule has 1 aromatic carbocycles. The second-order valence-corrected chi connectivity index (χ2v) is 5.44. The van der Waals surface area contributed by atoms with Crippen LogP contribution in [0, 0.1) is 12.8 Å². The Morgan fingerprint density at radius 3 is 2.61 bits per heavy atom. The van der Waals surface area contributed by atoms with Crippen molar-refractivity contribution in [2.24, 2.45) is 5.92 Å². The summed E-state index contributed by atoms with van der Waals surface area (Å²) in [6.07, 6.45) is 2.68. The lowest BCUT2D eigenvalue weighted by atomic mass is 9.84. The average Bonchev–Trinajstić information content (AvgIpc) is 2.40. The summed E-state index contributed by atoms with van der Waals surface area (Å²) in [6, 6.07) is 9.72. The topological polar surface area (TPSA) is 15.3 Å². The molecule has 100 valence electrons. The first-order valence-corrected chi connectivity index (χ1v) is 7.21. The highest BCUT2D eigenvalue weighted by molar-refractivity contribution is 5.25. The van der Waals surface area contributed by atoms with E-state index < -0.39 is 0 Å². The van der Waals surface area contributed by atoms with Crippen molar-refractivity contribution in [3.63, 3.8) is 0 Å². The SMILES string of the molecule is CCN1CCCC(CNC)C1c1ccc(C)cc1. The van der Waals surface area contributed by atoms with Gasteiger partial charge in [0, 0.05) is 6.04 Å². The minimum Gasteiger partial charge on any atom is -0.319 e. The van der Waals surface area contributed by atoms with Gasteiger partial charge in [0.15, 0.2) is 0 Å². The first-order valence-electron chi connectivity index (χ1n) is 7.21. The fourth-order valence-corrected chi connectivity index (χ4v) is 3.23. The zero-order chi connectivity index (χ0) is 13.0. The van der Waals surface area contributed by atoms with Crippen molar-refractivity contribution in [1.82, 2.24) is 10.2 Å². The Bertz CT molecular complexity index is 356. The fraction of sp³-hybridized carbons (Fsp3) is 0.625. The van der Waals surface area contributed by atoms with Crippen molar-refractivity contribution < 1.29 is 0 Å². The van der Waals surface area contributed by atoms with E-state index in [1.165, 1.54) is 30.5 Å². The number of hydrogen-bond acceptors (Lipinski definition) is 2. The predicted octanol–water partition coefficient (Wildman–Crippen LogP) is 2.99. The first kappa shape index (κ1) is 13.6. The van der Waals surface area contributed by atoms with Gasteiger partial charge in [-0.15, -0.1) is 0 Å². The van der Waals surface area contributed by atoms with E-state index in [1.54, 1.807) is 0 Å². The second-order valence-electron chi connectivity index (χ2n) is 5.44. The van der Waals surface area contributed by atoms with Crippen molar-refractivity contribution in [1.29, 1.82) is 0 Å². The van der Waals surface area contributed by atoms with Gasteiger partial charge in [-0.1, -0.05) is 36.8 Å². The van der Waals surface area contributed by atoms with Crippen LogP contribution in [0.1, 0.15) is 36.9 Å². The van der Waals surface area contributed by atoms with E-state index in [0.29, 0.717) is 6.04 Å². The molecule has 18 heavy (non-hydrogen) atoms. The Kier molecular flexibility index (Phi) is 4.79. The molecule has 1 fully saturated rings. The third kappa shape index (κ3) is 2.93. The van der Waals surface area contributed by atoms with Gasteiger partial charge in [-0.05, 0) is 57.9 Å². The highest BCUT2D eigenvalue weighted by Crippen LogP contribution is 2.35. The largest absolute Gasteiger partial charge is 0.319 e. The molecule has 2 heteroatoms. The zero-order valence-corrected chi connectivity index (χ0v) is 11.9. The summed E-state index contributed by atoms with van der Waals surface area (Å²) in [4.78, 5) is 2.64. The van der Waals surface area contributed by atoms with Crippen LogP contribution >= 0.6 is 0 Å². The molecule has 1 aromatic rings. The minimum absolute atomic E-state index is 0.594. The van der Waals surface area contributed by atoms with E-state index in [0.717, 1.165) is 19.0 Å². The maximum Gasteiger partial charge on any atom is 0.0388 e. The molecule has 0 amide bonds. The van der Waals surface area contributed by atoms with Crippen molar-refractivity contribution in [3.8, 4) is 0 Å². The molecule has 2 unspecified atom stereocenters. The Hall–Kier alpha value is -0.860. The van der Waals surface area contributed by atoms with E-state index in [-0.39, 0.29) is 0 Å². The lowest BCUT2D eigenvalue weighted by molar-refractivity contribution is 0.0982. The van der Waals surface area contributed by atoms with Crippen LogP contribution < -0.4 is 5.32 Å². The number of hydrogen-bond donors (Lipinski definition) is 1. The van der Waals surface area contributed by atoms with E-state index >= 15 is 0 Å². The van der Waals surface area contributed by atoms with Crippen molar-refractivity contribution in [2.75, 3.05) is 26.7 Å². The molecular weight excluding hydrogens is 220 g/mol. The van der Waals surface area contributed by atoms with Crippen LogP contribution in [0.5, 0.6) is 0 Å². The van der Waals surface area contributed by atoms with E-state index in [1.807, 2.05) is 0 Å². The number of piperidine rings is 1. The van der Waals surface area contributed by atoms with Crippen LogP contribution in [0.2, 0.25) is 0 Å². The summed E-state index contributed by atoms with van der Waals surface area (Å²) < 4.78 is 0. The molecule has 0 spiro atoms. The molecule has 2 atom stereocenters. The van der Waals surface area contributed by atoms with Crippen LogP contribution in [0.15, 0.2) is 24.3 Å². The van der Waals surface area contributed by atoms with Crippen LogP contribution in [-0.2, 0) is 0 Å². The molecule has 1 heterocycles. The third-order valence-electron chi connectivity index (χ3n) is 4.15. The van der Waals surface area contributed by atoms with Crippen LogP contribution in [-0.4, -0.2) is 31.6 Å². The van der Waals surface area contributed by atoms with Crippen LogP contribution in [0.3, 0.4) is 0 Å². The molecular formula is C16H26N2. The Labute approximate surface area is 111 Å². The molecule has 0 aliphatic carbocycles. The van der Waals surface area contributed by atoms with Gasteiger partial charge in [0.05, 0.1) is 0 Å². The van der Waals surface area contributed by atoms with Gasteiger partial charge in [-0.2, -0.15) is 0 Å². The van der Waals surface area contributed by atoms with Gasteiger partial charge in [-0.25, -0.2) is 0 Å². The summed E-state index contributed by atoms with van der Waals surface area (Å²) >= 11 is 0. The number of rotatable bonds is 4. The molecule has 0 saturated carbocycles. The van der Waals surface area contributed by atoms with Crippen LogP contribution in [0.25, 0.3) is 0 Å². The Morgan fingerprint density at radius 1 is 1.28 bits per heavy atom. The van der Waals surface area contributed by atoms with Gasteiger partial charge in [0.1, 0.15) is 0 Å². The number of nitrogens with one attached hydrogen (secondary N) is 1. The van der Waals surface area contributed by atoms with Crippen molar-refractivity contribution >= 4 is 0 Å². The lowest BCUT2D eigenvalue weighted by Gasteiger charge is -2.41. The van der Waals surface area contributed by atoms with Crippen molar-refractivity contribution in [3.05, 3.63) is 35.4 Å². The lowest BCUT2D eigenvalue weighted by Crippen LogP contribution is -2.41. The molecule has 0 aromatic heterocycles. The quantitative estimate of drug-likeness (QED) is 0.878. The fourth-order valence-electron chi connectivity index (χ4n) is 3.23. The third-order valence-corrected chi connectivity index (χ3v) is 4.15. The summed E-state index contributed by atoms with van der Waals surface area (Å²) in [7, 11) is 2.07. The molecule has 1 N–H and O–H groups in total. The Morgan fingerprint density at radius 2 is 2.00 bits per heavy atom. The smallest absolute Gasteiger partial charge is 0.0388 e. The molecule has 0 radical (unpaired) electrons. The van der Waals surface area contributed by atoms with Crippen LogP contribution in [0.4, 0.5) is 0 Å². The molecule has 1 saturated heterocycles. The Balaban J connectivity index is 2.24. The maximum absolute atomic E-state index is 3.37. The van der Waals surface area contributed by atoms with Gasteiger partial charge in [-0.3, -0.25) is 4.90 Å². The number of likely N-dealkylation sites (tertiary alicyclic amines) is 1. The number of aryl methyl sites for hydroxylation is 1. The zero-order valence-electron chi connectivity index (χ0n) is 11.9. The first-order chi connectivity index (χ1) is 8.76. The standard InChI is InChI=1S/C16H26N2/c1-4-18-11-5-6-15(12-17-3)16(18)14-9-7-13(2)8-10-14/h7-10,15-17H,4-6,11-12H2,1-3H3. The maximum atomic E-state index is 3.37. The highest BCUT2D eigenvalue weighted by atomic mass is 15.2. The second kappa shape index (κ2) is 6.35. The van der Waals surface area contributed by atoms with E-state index in [2.05, 4.69) is 55.4 Å². The molecule has 2 rings (SSSR count). The highest BCUT2D eigenvalue weighted by Gasteiger charge is 2.30. The molecule has 1 aliphatic heterocycles.